The first-order valence-corrected chi connectivity index (χ1v) is 9.22. The molecule has 0 atom stereocenters. The molecule has 28 heavy (non-hydrogen) atoms. The SMILES string of the molecule is CCOC(=O)/C=C/c1c(-c2ccc(F)cc2)c2ccccc2c(=O)n1C(C)C. The van der Waals surface area contributed by atoms with Crippen molar-refractivity contribution >= 4 is 22.8 Å². The highest BCUT2D eigenvalue weighted by Gasteiger charge is 2.18. The van der Waals surface area contributed by atoms with Crippen LogP contribution in [0.2, 0.25) is 0 Å². The molecule has 0 radical (unpaired) electrons. The zero-order valence-electron chi connectivity index (χ0n) is 16.1. The van der Waals surface area contributed by atoms with E-state index in [0.29, 0.717) is 11.1 Å². The van der Waals surface area contributed by atoms with Crippen molar-refractivity contribution in [3.8, 4) is 11.1 Å². The summed E-state index contributed by atoms with van der Waals surface area (Å²) in [4.78, 5) is 25.0. The van der Waals surface area contributed by atoms with Crippen LogP contribution in [0.25, 0.3) is 28.0 Å². The van der Waals surface area contributed by atoms with Crippen molar-refractivity contribution in [2.24, 2.45) is 0 Å². The molecule has 0 bridgehead atoms. The first-order valence-electron chi connectivity index (χ1n) is 9.22. The van der Waals surface area contributed by atoms with Crippen molar-refractivity contribution in [2.45, 2.75) is 26.8 Å². The van der Waals surface area contributed by atoms with E-state index in [1.165, 1.54) is 18.2 Å². The highest BCUT2D eigenvalue weighted by Crippen LogP contribution is 2.32. The fourth-order valence-corrected chi connectivity index (χ4v) is 3.32. The summed E-state index contributed by atoms with van der Waals surface area (Å²) >= 11 is 0. The number of aromatic nitrogens is 1. The zero-order chi connectivity index (χ0) is 20.3. The fourth-order valence-electron chi connectivity index (χ4n) is 3.32. The van der Waals surface area contributed by atoms with Crippen LogP contribution in [0.15, 0.2) is 59.4 Å². The van der Waals surface area contributed by atoms with Gasteiger partial charge in [-0.2, -0.15) is 0 Å². The quantitative estimate of drug-likeness (QED) is 0.465. The van der Waals surface area contributed by atoms with Crippen molar-refractivity contribution < 1.29 is 13.9 Å². The summed E-state index contributed by atoms with van der Waals surface area (Å²) in [5, 5.41) is 1.32. The summed E-state index contributed by atoms with van der Waals surface area (Å²) in [7, 11) is 0. The Kier molecular flexibility index (Phi) is 5.73. The lowest BCUT2D eigenvalue weighted by atomic mass is 9.96. The average Bonchev–Trinajstić information content (AvgIpc) is 2.67. The van der Waals surface area contributed by atoms with Gasteiger partial charge in [0.25, 0.3) is 5.56 Å². The third-order valence-corrected chi connectivity index (χ3v) is 4.47. The van der Waals surface area contributed by atoms with Gasteiger partial charge in [-0.25, -0.2) is 9.18 Å². The summed E-state index contributed by atoms with van der Waals surface area (Å²) in [6.07, 6.45) is 2.92. The van der Waals surface area contributed by atoms with Crippen molar-refractivity contribution in [1.29, 1.82) is 0 Å². The first-order chi connectivity index (χ1) is 13.4. The van der Waals surface area contributed by atoms with E-state index in [2.05, 4.69) is 0 Å². The van der Waals surface area contributed by atoms with Crippen molar-refractivity contribution in [1.82, 2.24) is 4.57 Å². The molecule has 2 aromatic carbocycles. The molecular weight excluding hydrogens is 357 g/mol. The second kappa shape index (κ2) is 8.21. The molecule has 1 heterocycles. The Morgan fingerprint density at radius 2 is 1.75 bits per heavy atom. The Morgan fingerprint density at radius 3 is 2.36 bits per heavy atom. The Bertz CT molecular complexity index is 1100. The van der Waals surface area contributed by atoms with E-state index in [-0.39, 0.29) is 24.0 Å². The molecule has 0 saturated carbocycles. The molecule has 0 aliphatic carbocycles. The summed E-state index contributed by atoms with van der Waals surface area (Å²) in [5.41, 5.74) is 1.97. The number of fused-ring (bicyclic) bond motifs is 1. The lowest BCUT2D eigenvalue weighted by molar-refractivity contribution is -0.137. The van der Waals surface area contributed by atoms with Crippen LogP contribution in [-0.2, 0) is 9.53 Å². The van der Waals surface area contributed by atoms with Crippen LogP contribution in [-0.4, -0.2) is 17.1 Å². The number of rotatable bonds is 5. The van der Waals surface area contributed by atoms with Gasteiger partial charge >= 0.3 is 5.97 Å². The second-order valence-corrected chi connectivity index (χ2v) is 6.67. The largest absolute Gasteiger partial charge is 0.463 e. The summed E-state index contributed by atoms with van der Waals surface area (Å²) in [6, 6.07) is 13.3. The molecule has 0 amide bonds. The number of nitrogens with zero attached hydrogens (tertiary/aromatic N) is 1. The van der Waals surface area contributed by atoms with E-state index in [9.17, 15) is 14.0 Å². The number of pyridine rings is 1. The van der Waals surface area contributed by atoms with Crippen molar-refractivity contribution in [3.63, 3.8) is 0 Å². The van der Waals surface area contributed by atoms with Gasteiger partial charge in [-0.1, -0.05) is 30.3 Å². The van der Waals surface area contributed by atoms with Crippen LogP contribution >= 0.6 is 0 Å². The number of ether oxygens (including phenoxy) is 1. The van der Waals surface area contributed by atoms with Crippen molar-refractivity contribution in [2.75, 3.05) is 6.61 Å². The van der Waals surface area contributed by atoms with Gasteiger partial charge in [0.05, 0.1) is 12.3 Å². The minimum absolute atomic E-state index is 0.139. The molecular formula is C23H22FNO3. The van der Waals surface area contributed by atoms with E-state index in [0.717, 1.165) is 16.5 Å². The first kappa shape index (κ1) is 19.5. The van der Waals surface area contributed by atoms with E-state index in [1.807, 2.05) is 32.0 Å². The van der Waals surface area contributed by atoms with Gasteiger partial charge in [0.15, 0.2) is 0 Å². The van der Waals surface area contributed by atoms with Crippen LogP contribution in [0.5, 0.6) is 0 Å². The molecule has 3 rings (SSSR count). The third kappa shape index (κ3) is 3.74. The molecule has 4 nitrogen and oxygen atoms in total. The molecule has 0 saturated heterocycles. The van der Waals surface area contributed by atoms with Crippen LogP contribution in [0.4, 0.5) is 4.39 Å². The molecule has 0 unspecified atom stereocenters. The van der Waals surface area contributed by atoms with Crippen LogP contribution in [0, 0.1) is 5.82 Å². The maximum atomic E-state index is 13.5. The highest BCUT2D eigenvalue weighted by atomic mass is 19.1. The molecule has 1 aromatic heterocycles. The Hall–Kier alpha value is -3.21. The Labute approximate surface area is 162 Å². The van der Waals surface area contributed by atoms with Gasteiger partial charge in [0.1, 0.15) is 5.82 Å². The maximum Gasteiger partial charge on any atom is 0.330 e. The third-order valence-electron chi connectivity index (χ3n) is 4.47. The topological polar surface area (TPSA) is 48.3 Å². The number of benzene rings is 2. The molecule has 0 aliphatic rings. The normalized spacial score (nSPS) is 11.5. The molecule has 0 fully saturated rings. The van der Waals surface area contributed by atoms with Crippen LogP contribution in [0.1, 0.15) is 32.5 Å². The number of hydrogen-bond donors (Lipinski definition) is 0. The van der Waals surface area contributed by atoms with Gasteiger partial charge in [0.2, 0.25) is 0 Å². The lowest BCUT2D eigenvalue weighted by Gasteiger charge is -2.20. The molecule has 5 heteroatoms. The summed E-state index contributed by atoms with van der Waals surface area (Å²) in [5.74, 6) is -0.822. The lowest BCUT2D eigenvalue weighted by Crippen LogP contribution is -2.25. The summed E-state index contributed by atoms with van der Waals surface area (Å²) < 4.78 is 20.1. The van der Waals surface area contributed by atoms with Gasteiger partial charge in [-0.05, 0) is 56.0 Å². The predicted molar refractivity (Wildman–Crippen MR) is 110 cm³/mol. The number of carbonyl (C=O) groups is 1. The van der Waals surface area contributed by atoms with Gasteiger partial charge in [-0.3, -0.25) is 4.79 Å². The molecule has 0 N–H and O–H groups in total. The highest BCUT2D eigenvalue weighted by molar-refractivity contribution is 6.00. The van der Waals surface area contributed by atoms with Crippen LogP contribution in [0.3, 0.4) is 0 Å². The van der Waals surface area contributed by atoms with Gasteiger partial charge in [0, 0.05) is 23.1 Å². The zero-order valence-corrected chi connectivity index (χ0v) is 16.1. The molecule has 0 aliphatic heterocycles. The molecule has 144 valence electrons. The minimum atomic E-state index is -0.483. The Balaban J connectivity index is 2.41. The minimum Gasteiger partial charge on any atom is -0.463 e. The van der Waals surface area contributed by atoms with E-state index in [1.54, 1.807) is 35.8 Å². The fraction of sp³-hybridized carbons (Fsp3) is 0.217. The average molecular weight is 379 g/mol. The number of esters is 1. The van der Waals surface area contributed by atoms with Crippen molar-refractivity contribution in [3.05, 3.63) is 76.5 Å². The van der Waals surface area contributed by atoms with Gasteiger partial charge in [-0.15, -0.1) is 0 Å². The Morgan fingerprint density at radius 1 is 1.11 bits per heavy atom. The van der Waals surface area contributed by atoms with E-state index < -0.39 is 5.97 Å². The number of halogens is 1. The van der Waals surface area contributed by atoms with Crippen LogP contribution < -0.4 is 5.56 Å². The maximum absolute atomic E-state index is 13.5. The van der Waals surface area contributed by atoms with E-state index >= 15 is 0 Å². The number of carbonyl (C=O) groups excluding carboxylic acids is 1. The molecule has 0 spiro atoms. The molecule has 3 aromatic rings. The van der Waals surface area contributed by atoms with E-state index in [4.69, 9.17) is 4.74 Å². The smallest absolute Gasteiger partial charge is 0.330 e. The monoisotopic (exact) mass is 379 g/mol. The summed E-state index contributed by atoms with van der Waals surface area (Å²) in [6.45, 7) is 5.82. The number of hydrogen-bond acceptors (Lipinski definition) is 3. The van der Waals surface area contributed by atoms with Gasteiger partial charge < -0.3 is 9.30 Å². The standard InChI is InChI=1S/C23H22FNO3/c1-4-28-21(26)14-13-20-22(16-9-11-17(24)12-10-16)18-7-5-6-8-19(18)23(27)25(20)15(2)3/h5-15H,4H2,1-3H3/b14-13+. The second-order valence-electron chi connectivity index (χ2n) is 6.67. The predicted octanol–water partition coefficient (Wildman–Crippen LogP) is 4.96.